The maximum absolute atomic E-state index is 13.4. The molecule has 1 fully saturated rings. The fourth-order valence-corrected chi connectivity index (χ4v) is 4.95. The largest absolute Gasteiger partial charge is 0.323 e. The molecule has 6 heteroatoms. The third-order valence-corrected chi connectivity index (χ3v) is 7.21. The lowest BCUT2D eigenvalue weighted by molar-refractivity contribution is 0.143. The third kappa shape index (κ3) is 4.64. The van der Waals surface area contributed by atoms with E-state index in [1.807, 2.05) is 61.2 Å². The van der Waals surface area contributed by atoms with E-state index in [0.29, 0.717) is 24.3 Å². The van der Waals surface area contributed by atoms with Crippen molar-refractivity contribution in [2.24, 2.45) is 7.05 Å². The van der Waals surface area contributed by atoms with E-state index in [9.17, 15) is 9.59 Å². The molecular formula is C30H32N4O2. The van der Waals surface area contributed by atoms with Gasteiger partial charge in [-0.05, 0) is 47.6 Å². The van der Waals surface area contributed by atoms with E-state index in [1.54, 1.807) is 11.6 Å². The van der Waals surface area contributed by atoms with Crippen LogP contribution in [0.2, 0.25) is 0 Å². The van der Waals surface area contributed by atoms with E-state index in [4.69, 9.17) is 0 Å². The van der Waals surface area contributed by atoms with Crippen molar-refractivity contribution < 1.29 is 4.79 Å². The predicted octanol–water partition coefficient (Wildman–Crippen LogP) is 5.17. The zero-order chi connectivity index (χ0) is 25.2. The summed E-state index contributed by atoms with van der Waals surface area (Å²) in [5.74, 6) is 0.527. The van der Waals surface area contributed by atoms with Crippen LogP contribution in [0, 0.1) is 13.8 Å². The van der Waals surface area contributed by atoms with Crippen LogP contribution in [0.3, 0.4) is 0 Å². The van der Waals surface area contributed by atoms with Crippen LogP contribution in [-0.4, -0.2) is 46.6 Å². The molecule has 5 rings (SSSR count). The molecule has 36 heavy (non-hydrogen) atoms. The molecule has 1 aliphatic rings. The van der Waals surface area contributed by atoms with Crippen LogP contribution in [0.4, 0.5) is 10.6 Å². The molecule has 2 heterocycles. The summed E-state index contributed by atoms with van der Waals surface area (Å²) in [4.78, 5) is 31.0. The second kappa shape index (κ2) is 9.99. The van der Waals surface area contributed by atoms with E-state index in [-0.39, 0.29) is 11.6 Å². The maximum Gasteiger partial charge on any atom is 0.323 e. The molecule has 1 saturated heterocycles. The highest BCUT2D eigenvalue weighted by Crippen LogP contribution is 2.35. The third-order valence-electron chi connectivity index (χ3n) is 7.21. The topological polar surface area (TPSA) is 57.6 Å². The van der Waals surface area contributed by atoms with Gasteiger partial charge >= 0.3 is 6.03 Å². The van der Waals surface area contributed by atoms with Crippen molar-refractivity contribution in [2.75, 3.05) is 31.5 Å². The number of carbonyl (C=O) groups is 1. The van der Waals surface area contributed by atoms with Crippen molar-refractivity contribution in [1.29, 1.82) is 0 Å². The lowest BCUT2D eigenvalue weighted by Crippen LogP contribution is -2.50. The van der Waals surface area contributed by atoms with Gasteiger partial charge in [0.25, 0.3) is 5.56 Å². The summed E-state index contributed by atoms with van der Waals surface area (Å²) in [5, 5.41) is 4.63. The first kappa shape index (κ1) is 23.8. The first-order valence-corrected chi connectivity index (χ1v) is 12.4. The number of pyridine rings is 1. The molecule has 0 spiro atoms. The molecular weight excluding hydrogens is 448 g/mol. The average Bonchev–Trinajstić information content (AvgIpc) is 2.90. The summed E-state index contributed by atoms with van der Waals surface area (Å²) in [5.41, 5.74) is 5.18. The number of amides is 2. The van der Waals surface area contributed by atoms with Crippen molar-refractivity contribution in [3.63, 3.8) is 0 Å². The van der Waals surface area contributed by atoms with Crippen molar-refractivity contribution in [1.82, 2.24) is 14.4 Å². The Hall–Kier alpha value is -3.90. The Morgan fingerprint density at radius 2 is 1.42 bits per heavy atom. The lowest BCUT2D eigenvalue weighted by atomic mass is 9.95. The molecule has 0 atom stereocenters. The first-order chi connectivity index (χ1) is 17.4. The number of nitrogens with zero attached hydrogens (tertiary/aromatic N) is 3. The standard InChI is InChI=1S/C30H32N4O2/c1-21-18-25-26(19-22(21)2)29(35)32(3)28(27(25)24-12-8-5-9-13-24)31-30(36)34-16-14-33(15-17-34)20-23-10-6-4-7-11-23/h4-13,18-19H,14-17,20H2,1-3H3,(H,31,36). The zero-order valence-corrected chi connectivity index (χ0v) is 21.1. The van der Waals surface area contributed by atoms with Crippen LogP contribution in [-0.2, 0) is 13.6 Å². The van der Waals surface area contributed by atoms with E-state index < -0.39 is 0 Å². The molecule has 3 aromatic carbocycles. The zero-order valence-electron chi connectivity index (χ0n) is 21.1. The van der Waals surface area contributed by atoms with Crippen molar-refractivity contribution in [2.45, 2.75) is 20.4 Å². The second-order valence-electron chi connectivity index (χ2n) is 9.61. The maximum atomic E-state index is 13.4. The molecule has 2 amide bonds. The smallest absolute Gasteiger partial charge is 0.322 e. The number of anilines is 1. The minimum atomic E-state index is -0.176. The quantitative estimate of drug-likeness (QED) is 0.438. The molecule has 1 N–H and O–H groups in total. The number of hydrogen-bond donors (Lipinski definition) is 1. The first-order valence-electron chi connectivity index (χ1n) is 12.4. The van der Waals surface area contributed by atoms with Gasteiger partial charge in [-0.1, -0.05) is 66.7 Å². The van der Waals surface area contributed by atoms with E-state index in [1.165, 1.54) is 5.56 Å². The summed E-state index contributed by atoms with van der Waals surface area (Å²) >= 11 is 0. The fourth-order valence-electron chi connectivity index (χ4n) is 4.95. The molecule has 0 unspecified atom stereocenters. The summed E-state index contributed by atoms with van der Waals surface area (Å²) in [6.07, 6.45) is 0. The number of hydrogen-bond acceptors (Lipinski definition) is 3. The van der Waals surface area contributed by atoms with Crippen LogP contribution >= 0.6 is 0 Å². The molecule has 6 nitrogen and oxygen atoms in total. The Bertz CT molecular complexity index is 1450. The molecule has 0 aliphatic carbocycles. The fraction of sp³-hybridized carbons (Fsp3) is 0.267. The Kier molecular flexibility index (Phi) is 6.61. The van der Waals surface area contributed by atoms with Gasteiger partial charge in [0.1, 0.15) is 5.82 Å². The minimum absolute atomic E-state index is 0.115. The predicted molar refractivity (Wildman–Crippen MR) is 146 cm³/mol. The molecule has 0 radical (unpaired) electrons. The minimum Gasteiger partial charge on any atom is -0.322 e. The normalized spacial score (nSPS) is 14.2. The van der Waals surface area contributed by atoms with Crippen LogP contribution in [0.15, 0.2) is 77.6 Å². The van der Waals surface area contributed by atoms with Crippen molar-refractivity contribution in [3.8, 4) is 11.1 Å². The second-order valence-corrected chi connectivity index (χ2v) is 9.61. The van der Waals surface area contributed by atoms with Gasteiger partial charge in [-0.2, -0.15) is 0 Å². The van der Waals surface area contributed by atoms with Gasteiger partial charge in [0.15, 0.2) is 0 Å². The van der Waals surface area contributed by atoms with Gasteiger partial charge in [-0.25, -0.2) is 4.79 Å². The highest BCUT2D eigenvalue weighted by molar-refractivity contribution is 6.05. The molecule has 0 bridgehead atoms. The number of benzene rings is 3. The summed E-state index contributed by atoms with van der Waals surface area (Å²) < 4.78 is 1.57. The summed E-state index contributed by atoms with van der Waals surface area (Å²) in [6, 6.07) is 24.2. The van der Waals surface area contributed by atoms with E-state index in [2.05, 4.69) is 40.5 Å². The van der Waals surface area contributed by atoms with Crippen LogP contribution in [0.25, 0.3) is 21.9 Å². The van der Waals surface area contributed by atoms with Gasteiger partial charge < -0.3 is 4.90 Å². The molecule has 4 aromatic rings. The SMILES string of the molecule is Cc1cc2c(-c3ccccc3)c(NC(=O)N3CCN(Cc4ccccc4)CC3)n(C)c(=O)c2cc1C. The number of urea groups is 1. The molecule has 1 aliphatic heterocycles. The van der Waals surface area contributed by atoms with Gasteiger partial charge in [-0.3, -0.25) is 19.6 Å². The number of carbonyl (C=O) groups excluding carboxylic acids is 1. The Labute approximate surface area is 211 Å². The monoisotopic (exact) mass is 480 g/mol. The van der Waals surface area contributed by atoms with Crippen molar-refractivity contribution >= 4 is 22.6 Å². The van der Waals surface area contributed by atoms with Gasteiger partial charge in [0.05, 0.1) is 0 Å². The number of aromatic nitrogens is 1. The van der Waals surface area contributed by atoms with Crippen molar-refractivity contribution in [3.05, 3.63) is 99.8 Å². The molecule has 0 saturated carbocycles. The summed E-state index contributed by atoms with van der Waals surface area (Å²) in [6.45, 7) is 7.84. The van der Waals surface area contributed by atoms with Crippen LogP contribution < -0.4 is 10.9 Å². The highest BCUT2D eigenvalue weighted by Gasteiger charge is 2.24. The summed E-state index contributed by atoms with van der Waals surface area (Å²) in [7, 11) is 1.73. The highest BCUT2D eigenvalue weighted by atomic mass is 16.2. The number of piperazine rings is 1. The number of aryl methyl sites for hydroxylation is 2. The Balaban J connectivity index is 1.45. The lowest BCUT2D eigenvalue weighted by Gasteiger charge is -2.35. The van der Waals surface area contributed by atoms with E-state index in [0.717, 1.165) is 47.3 Å². The molecule has 1 aromatic heterocycles. The van der Waals surface area contributed by atoms with Gasteiger partial charge in [-0.15, -0.1) is 0 Å². The average molecular weight is 481 g/mol. The van der Waals surface area contributed by atoms with Crippen LogP contribution in [0.1, 0.15) is 16.7 Å². The van der Waals surface area contributed by atoms with E-state index >= 15 is 0 Å². The molecule has 184 valence electrons. The number of nitrogens with one attached hydrogen (secondary N) is 1. The van der Waals surface area contributed by atoms with Crippen LogP contribution in [0.5, 0.6) is 0 Å². The van der Waals surface area contributed by atoms with Gasteiger partial charge in [0, 0.05) is 50.7 Å². The van der Waals surface area contributed by atoms with Gasteiger partial charge in [0.2, 0.25) is 0 Å². The Morgan fingerprint density at radius 1 is 0.833 bits per heavy atom. The number of rotatable bonds is 4. The Morgan fingerprint density at radius 3 is 2.06 bits per heavy atom. The number of fused-ring (bicyclic) bond motifs is 1.